The molecular formula is C28H34F10O. The van der Waals surface area contributed by atoms with E-state index in [0.29, 0.717) is 5.56 Å². The number of alkyl halides is 6. The van der Waals surface area contributed by atoms with Gasteiger partial charge in [0.25, 0.3) is 0 Å². The van der Waals surface area contributed by atoms with Gasteiger partial charge in [-0.2, -0.15) is 26.3 Å². The fourth-order valence-corrected chi connectivity index (χ4v) is 3.63. The zero-order valence-electron chi connectivity index (χ0n) is 23.0. The summed E-state index contributed by atoms with van der Waals surface area (Å²) < 4.78 is 131. The molecule has 0 amide bonds. The molecule has 0 aromatic heterocycles. The summed E-state index contributed by atoms with van der Waals surface area (Å²) in [5, 5.41) is 0. The SMILES string of the molecule is CC(C)(C)c1c(F)c(F)c(C(F)(F)F)c(F)c1F.Cc1cc(C(C)(C)C)cc(C(F)(F)F)c1.[CH2-][O+]1CCCC1. The van der Waals surface area contributed by atoms with Crippen LogP contribution in [-0.2, 0) is 27.5 Å². The maximum absolute atomic E-state index is 13.4. The van der Waals surface area contributed by atoms with Gasteiger partial charge in [-0.05, 0) is 35.4 Å². The van der Waals surface area contributed by atoms with Crippen molar-refractivity contribution in [2.24, 2.45) is 0 Å². The normalized spacial score (nSPS) is 14.9. The number of rotatable bonds is 0. The summed E-state index contributed by atoms with van der Waals surface area (Å²) in [6.45, 7) is 13.3. The Morgan fingerprint density at radius 2 is 0.974 bits per heavy atom. The first-order valence-corrected chi connectivity index (χ1v) is 12.0. The van der Waals surface area contributed by atoms with Crippen LogP contribution in [0.25, 0.3) is 0 Å². The molecule has 1 aliphatic rings. The Bertz CT molecular complexity index is 1010. The van der Waals surface area contributed by atoms with E-state index in [1.54, 1.807) is 13.0 Å². The highest BCUT2D eigenvalue weighted by atomic mass is 19.4. The second kappa shape index (κ2) is 12.5. The molecule has 2 aromatic rings. The quantitative estimate of drug-likeness (QED) is 0.127. The van der Waals surface area contributed by atoms with Crippen LogP contribution in [0.1, 0.15) is 82.2 Å². The third-order valence-electron chi connectivity index (χ3n) is 5.68. The average molecular weight is 577 g/mol. The van der Waals surface area contributed by atoms with Crippen molar-refractivity contribution < 1.29 is 48.3 Å². The smallest absolute Gasteiger partial charge is 0.422 e. The van der Waals surface area contributed by atoms with Gasteiger partial charge in [0.15, 0.2) is 23.3 Å². The molecule has 0 spiro atoms. The average Bonchev–Trinajstić information content (AvgIpc) is 3.21. The van der Waals surface area contributed by atoms with Gasteiger partial charge < -0.3 is 4.37 Å². The van der Waals surface area contributed by atoms with Gasteiger partial charge in [-0.15, -0.1) is 0 Å². The molecule has 3 rings (SSSR count). The molecule has 222 valence electrons. The lowest BCUT2D eigenvalue weighted by Gasteiger charge is -2.22. The summed E-state index contributed by atoms with van der Waals surface area (Å²) in [7, 11) is 3.69. The predicted octanol–water partition coefficient (Wildman–Crippen LogP) is 9.99. The van der Waals surface area contributed by atoms with Crippen molar-refractivity contribution in [3.8, 4) is 0 Å². The van der Waals surface area contributed by atoms with Crippen molar-refractivity contribution in [1.29, 1.82) is 0 Å². The molecule has 1 saturated heterocycles. The van der Waals surface area contributed by atoms with Crippen LogP contribution in [0, 0.1) is 37.3 Å². The Hall–Kier alpha value is -2.30. The summed E-state index contributed by atoms with van der Waals surface area (Å²) in [4.78, 5) is 0. The first-order valence-electron chi connectivity index (χ1n) is 12.0. The molecular weight excluding hydrogens is 542 g/mol. The number of hydrogen-bond acceptors (Lipinski definition) is 0. The molecule has 11 heteroatoms. The van der Waals surface area contributed by atoms with Crippen LogP contribution in [0.3, 0.4) is 0 Å². The van der Waals surface area contributed by atoms with E-state index in [1.165, 1.54) is 45.7 Å². The summed E-state index contributed by atoms with van der Waals surface area (Å²) in [6.07, 6.45) is -7.14. The standard InChI is InChI=1S/C12H15F3.C11H9F7.C5H10O/c1-8-5-9(11(2,3)4)7-10(6-8)12(13,14)15;1-10(2,3)4-6(12)8(14)5(11(16,17)18)9(15)7(4)13;1-6-4-2-3-5-6/h5-7H,1-4H3;1-3H3;1-5H2. The lowest BCUT2D eigenvalue weighted by Crippen LogP contribution is -2.23. The van der Waals surface area contributed by atoms with Gasteiger partial charge in [0, 0.05) is 18.4 Å². The molecule has 0 N–H and O–H groups in total. The Morgan fingerprint density at radius 1 is 0.590 bits per heavy atom. The van der Waals surface area contributed by atoms with E-state index in [-0.39, 0.29) is 5.41 Å². The molecule has 39 heavy (non-hydrogen) atoms. The molecule has 1 heterocycles. The van der Waals surface area contributed by atoms with Crippen molar-refractivity contribution in [2.45, 2.75) is 84.5 Å². The maximum atomic E-state index is 13.4. The van der Waals surface area contributed by atoms with E-state index in [2.05, 4.69) is 11.5 Å². The molecule has 0 saturated carbocycles. The first kappa shape index (κ1) is 34.7. The minimum Gasteiger partial charge on any atom is -0.570 e. The minimum absolute atomic E-state index is 0.258. The van der Waals surface area contributed by atoms with Gasteiger partial charge in [-0.3, -0.25) is 0 Å². The molecule has 1 fully saturated rings. The van der Waals surface area contributed by atoms with E-state index in [1.807, 2.05) is 20.8 Å². The van der Waals surface area contributed by atoms with Gasteiger partial charge in [0.2, 0.25) is 0 Å². The van der Waals surface area contributed by atoms with E-state index >= 15 is 0 Å². The van der Waals surface area contributed by atoms with Gasteiger partial charge in [0.05, 0.1) is 5.56 Å². The summed E-state index contributed by atoms with van der Waals surface area (Å²) in [5.41, 5.74) is -4.43. The first-order chi connectivity index (χ1) is 17.4. The largest absolute Gasteiger partial charge is 0.570 e. The van der Waals surface area contributed by atoms with Crippen molar-refractivity contribution in [2.75, 3.05) is 13.2 Å². The van der Waals surface area contributed by atoms with Crippen molar-refractivity contribution >= 4 is 0 Å². The third kappa shape index (κ3) is 9.69. The topological polar surface area (TPSA) is 2.70 Å². The predicted molar refractivity (Wildman–Crippen MR) is 130 cm³/mol. The van der Waals surface area contributed by atoms with Crippen LogP contribution in [0.4, 0.5) is 43.9 Å². The molecule has 0 aliphatic carbocycles. The van der Waals surface area contributed by atoms with Crippen LogP contribution in [0.15, 0.2) is 18.2 Å². The Labute approximate surface area is 222 Å². The fraction of sp³-hybridized carbons (Fsp3) is 0.536. The van der Waals surface area contributed by atoms with Crippen LogP contribution in [0.5, 0.6) is 0 Å². The zero-order chi connectivity index (χ0) is 30.7. The molecule has 0 bridgehead atoms. The fourth-order valence-electron chi connectivity index (χ4n) is 3.63. The van der Waals surface area contributed by atoms with Crippen molar-refractivity contribution in [3.63, 3.8) is 0 Å². The lowest BCUT2D eigenvalue weighted by molar-refractivity contribution is -0.143. The minimum atomic E-state index is -5.51. The number of hydrogen-bond donors (Lipinski definition) is 0. The Morgan fingerprint density at radius 3 is 1.26 bits per heavy atom. The number of benzene rings is 2. The Balaban J connectivity index is 0.000000324. The summed E-state index contributed by atoms with van der Waals surface area (Å²) in [5.74, 6) is -8.89. The lowest BCUT2D eigenvalue weighted by atomic mass is 9.85. The maximum Gasteiger partial charge on any atom is 0.422 e. The summed E-state index contributed by atoms with van der Waals surface area (Å²) >= 11 is 0. The van der Waals surface area contributed by atoms with Gasteiger partial charge in [-0.25, -0.2) is 17.6 Å². The molecule has 0 radical (unpaired) electrons. The molecule has 1 aliphatic heterocycles. The van der Waals surface area contributed by atoms with Gasteiger partial charge in [-0.1, -0.05) is 60.3 Å². The van der Waals surface area contributed by atoms with Gasteiger partial charge >= 0.3 is 12.4 Å². The number of halogens is 10. The van der Waals surface area contributed by atoms with Crippen LogP contribution in [0.2, 0.25) is 0 Å². The van der Waals surface area contributed by atoms with Crippen molar-refractivity contribution in [1.82, 2.24) is 0 Å². The highest BCUT2D eigenvalue weighted by Gasteiger charge is 2.43. The van der Waals surface area contributed by atoms with Crippen LogP contribution >= 0.6 is 0 Å². The monoisotopic (exact) mass is 576 g/mol. The van der Waals surface area contributed by atoms with Gasteiger partial charge in [0.1, 0.15) is 18.8 Å². The highest BCUT2D eigenvalue weighted by Crippen LogP contribution is 2.40. The Kier molecular flexibility index (Phi) is 11.1. The zero-order valence-corrected chi connectivity index (χ0v) is 23.0. The van der Waals surface area contributed by atoms with E-state index in [0.717, 1.165) is 18.8 Å². The highest BCUT2D eigenvalue weighted by molar-refractivity contribution is 5.36. The molecule has 2 aromatic carbocycles. The summed E-state index contributed by atoms with van der Waals surface area (Å²) in [6, 6.07) is 4.21. The third-order valence-corrected chi connectivity index (χ3v) is 5.68. The molecule has 0 atom stereocenters. The van der Waals surface area contributed by atoms with E-state index in [4.69, 9.17) is 0 Å². The van der Waals surface area contributed by atoms with E-state index in [9.17, 15) is 43.9 Å². The van der Waals surface area contributed by atoms with Crippen molar-refractivity contribution in [3.05, 3.63) is 76.4 Å². The van der Waals surface area contributed by atoms with E-state index < -0.39 is 57.7 Å². The van der Waals surface area contributed by atoms with Crippen LogP contribution in [-0.4, -0.2) is 13.2 Å². The van der Waals surface area contributed by atoms with Crippen LogP contribution < -0.4 is 0 Å². The molecule has 0 unspecified atom stereocenters. The second-order valence-electron chi connectivity index (χ2n) is 11.3. The molecule has 1 nitrogen and oxygen atoms in total. The second-order valence-corrected chi connectivity index (χ2v) is 11.3. The number of aryl methyl sites for hydroxylation is 1.